The van der Waals surface area contributed by atoms with E-state index in [0.29, 0.717) is 4.91 Å². The third kappa shape index (κ3) is 2.48. The van der Waals surface area contributed by atoms with Crippen LogP contribution in [0.2, 0.25) is 0 Å². The molecule has 0 aromatic heterocycles. The molecule has 0 radical (unpaired) electrons. The van der Waals surface area contributed by atoms with E-state index in [-0.39, 0.29) is 22.7 Å². The topological polar surface area (TPSA) is 34.1 Å². The molecule has 1 aliphatic heterocycles. The van der Waals surface area contributed by atoms with Crippen LogP contribution >= 0.6 is 11.8 Å². The molecule has 1 heterocycles. The molecule has 1 rings (SSSR count). The van der Waals surface area contributed by atoms with E-state index < -0.39 is 0 Å². The zero-order valence-electron chi connectivity index (χ0n) is 7.51. The van der Waals surface area contributed by atoms with Gasteiger partial charge in [-0.1, -0.05) is 26.8 Å². The van der Waals surface area contributed by atoms with Gasteiger partial charge in [-0.25, -0.2) is 0 Å². The van der Waals surface area contributed by atoms with E-state index in [9.17, 15) is 9.59 Å². The summed E-state index contributed by atoms with van der Waals surface area (Å²) in [7, 11) is 0. The Balaban J connectivity index is 2.84. The number of hydrogen-bond acceptors (Lipinski definition) is 3. The predicted molar refractivity (Wildman–Crippen MR) is 49.8 cm³/mol. The summed E-state index contributed by atoms with van der Waals surface area (Å²) >= 11 is 1.07. The molecular formula is C9H12O2S. The molecule has 1 aliphatic rings. The van der Waals surface area contributed by atoms with Gasteiger partial charge in [-0.15, -0.1) is 0 Å². The van der Waals surface area contributed by atoms with E-state index in [0.717, 1.165) is 11.8 Å². The Labute approximate surface area is 76.4 Å². The largest absolute Gasteiger partial charge is 0.293 e. The summed E-state index contributed by atoms with van der Waals surface area (Å²) < 4.78 is 0. The normalized spacial score (nSPS) is 22.4. The first-order valence-corrected chi connectivity index (χ1v) is 4.67. The summed E-state index contributed by atoms with van der Waals surface area (Å²) in [6.45, 7) is 6.03. The molecule has 0 aromatic carbocycles. The maximum absolute atomic E-state index is 11.2. The van der Waals surface area contributed by atoms with E-state index in [1.165, 1.54) is 0 Å². The molecule has 66 valence electrons. The lowest BCUT2D eigenvalue weighted by Gasteiger charge is -2.11. The molecule has 0 saturated carbocycles. The van der Waals surface area contributed by atoms with Crippen LogP contribution in [0.5, 0.6) is 0 Å². The molecule has 0 bridgehead atoms. The second-order valence-corrected chi connectivity index (χ2v) is 5.05. The van der Waals surface area contributed by atoms with Crippen LogP contribution in [0.4, 0.5) is 0 Å². The van der Waals surface area contributed by atoms with Gasteiger partial charge in [-0.05, 0) is 17.2 Å². The maximum Gasteiger partial charge on any atom is 0.201 e. The average Bonchev–Trinajstić information content (AvgIpc) is 2.06. The van der Waals surface area contributed by atoms with Gasteiger partial charge in [0.15, 0.2) is 5.78 Å². The third-order valence-electron chi connectivity index (χ3n) is 1.37. The van der Waals surface area contributed by atoms with Gasteiger partial charge in [0.1, 0.15) is 0 Å². The van der Waals surface area contributed by atoms with Gasteiger partial charge >= 0.3 is 0 Å². The number of hydrogen-bond donors (Lipinski definition) is 0. The summed E-state index contributed by atoms with van der Waals surface area (Å²) in [4.78, 5) is 22.6. The SMILES string of the molecule is CC(C)(C)/C=C1\SC(=O)CC1=O. The summed E-state index contributed by atoms with van der Waals surface area (Å²) in [6.07, 6.45) is 1.94. The van der Waals surface area contributed by atoms with E-state index in [4.69, 9.17) is 0 Å². The second kappa shape index (κ2) is 3.05. The zero-order chi connectivity index (χ0) is 9.35. The minimum absolute atomic E-state index is 0.0252. The third-order valence-corrected chi connectivity index (χ3v) is 2.31. The summed E-state index contributed by atoms with van der Waals surface area (Å²) in [5.74, 6) is -0.0278. The fourth-order valence-corrected chi connectivity index (χ4v) is 1.98. The van der Waals surface area contributed by atoms with Gasteiger partial charge in [-0.2, -0.15) is 0 Å². The highest BCUT2D eigenvalue weighted by atomic mass is 32.2. The first-order valence-electron chi connectivity index (χ1n) is 3.85. The fourth-order valence-electron chi connectivity index (χ4n) is 0.937. The molecule has 0 aromatic rings. The quantitative estimate of drug-likeness (QED) is 0.427. The highest BCUT2D eigenvalue weighted by Gasteiger charge is 2.27. The Morgan fingerprint density at radius 2 is 1.92 bits per heavy atom. The van der Waals surface area contributed by atoms with Crippen molar-refractivity contribution < 1.29 is 9.59 Å². The van der Waals surface area contributed by atoms with Gasteiger partial charge in [-0.3, -0.25) is 9.59 Å². The molecule has 0 spiro atoms. The van der Waals surface area contributed by atoms with Gasteiger partial charge < -0.3 is 0 Å². The van der Waals surface area contributed by atoms with Crippen LogP contribution in [0.3, 0.4) is 0 Å². The number of carbonyl (C=O) groups is 2. The number of ketones is 1. The lowest BCUT2D eigenvalue weighted by molar-refractivity contribution is -0.119. The van der Waals surface area contributed by atoms with Crippen molar-refractivity contribution in [3.05, 3.63) is 11.0 Å². The van der Waals surface area contributed by atoms with Crippen LogP contribution in [0, 0.1) is 5.41 Å². The van der Waals surface area contributed by atoms with Crippen LogP contribution in [-0.2, 0) is 9.59 Å². The fraction of sp³-hybridized carbons (Fsp3) is 0.556. The van der Waals surface area contributed by atoms with Crippen LogP contribution in [-0.4, -0.2) is 10.9 Å². The van der Waals surface area contributed by atoms with Gasteiger partial charge in [0.05, 0.1) is 11.3 Å². The molecule has 0 N–H and O–H groups in total. The first-order chi connectivity index (χ1) is 5.38. The van der Waals surface area contributed by atoms with Crippen LogP contribution in [0.15, 0.2) is 11.0 Å². The molecule has 2 nitrogen and oxygen atoms in total. The molecule has 0 amide bonds. The van der Waals surface area contributed by atoms with E-state index in [1.54, 1.807) is 0 Å². The highest BCUT2D eigenvalue weighted by molar-refractivity contribution is 8.18. The minimum atomic E-state index is -0.0319. The summed E-state index contributed by atoms with van der Waals surface area (Å²) in [6, 6.07) is 0. The van der Waals surface area contributed by atoms with E-state index in [1.807, 2.05) is 26.8 Å². The minimum Gasteiger partial charge on any atom is -0.293 e. The summed E-state index contributed by atoms with van der Waals surface area (Å²) in [5, 5.41) is -0.0319. The van der Waals surface area contributed by atoms with Crippen molar-refractivity contribution in [2.24, 2.45) is 5.41 Å². The molecular weight excluding hydrogens is 172 g/mol. The molecule has 0 atom stereocenters. The Hall–Kier alpha value is -0.570. The lowest BCUT2D eigenvalue weighted by Crippen LogP contribution is -2.02. The number of allylic oxidation sites excluding steroid dienone is 2. The second-order valence-electron chi connectivity index (χ2n) is 3.95. The van der Waals surface area contributed by atoms with Crippen molar-refractivity contribution in [2.75, 3.05) is 0 Å². The average molecular weight is 184 g/mol. The Bertz CT molecular complexity index is 258. The van der Waals surface area contributed by atoms with Crippen molar-refractivity contribution in [1.29, 1.82) is 0 Å². The van der Waals surface area contributed by atoms with Gasteiger partial charge in [0.25, 0.3) is 0 Å². The number of rotatable bonds is 0. The molecule has 0 aliphatic carbocycles. The molecule has 1 saturated heterocycles. The molecule has 3 heteroatoms. The molecule has 1 fully saturated rings. The van der Waals surface area contributed by atoms with Crippen molar-refractivity contribution in [3.8, 4) is 0 Å². The molecule has 12 heavy (non-hydrogen) atoms. The van der Waals surface area contributed by atoms with Crippen molar-refractivity contribution in [2.45, 2.75) is 27.2 Å². The van der Waals surface area contributed by atoms with Gasteiger partial charge in [0, 0.05) is 0 Å². The highest BCUT2D eigenvalue weighted by Crippen LogP contribution is 2.32. The standard InChI is InChI=1S/C9H12O2S/c1-9(2,3)5-7-6(10)4-8(11)12-7/h5H,4H2,1-3H3/b7-5-. The van der Waals surface area contributed by atoms with E-state index >= 15 is 0 Å². The van der Waals surface area contributed by atoms with Crippen LogP contribution < -0.4 is 0 Å². The predicted octanol–water partition coefficient (Wildman–Crippen LogP) is 2.15. The Kier molecular flexibility index (Phi) is 2.42. The van der Waals surface area contributed by atoms with Gasteiger partial charge in [0.2, 0.25) is 5.12 Å². The Morgan fingerprint density at radius 3 is 2.25 bits per heavy atom. The van der Waals surface area contributed by atoms with Crippen molar-refractivity contribution >= 4 is 22.7 Å². The smallest absolute Gasteiger partial charge is 0.201 e. The van der Waals surface area contributed by atoms with Crippen LogP contribution in [0.1, 0.15) is 27.2 Å². The molecule has 0 unspecified atom stereocenters. The number of Topliss-reactive ketones (excluding diaryl/α,β-unsaturated/α-hetero) is 1. The Morgan fingerprint density at radius 1 is 1.33 bits per heavy atom. The first kappa shape index (κ1) is 9.52. The lowest BCUT2D eigenvalue weighted by atomic mass is 9.95. The number of thioether (sulfide) groups is 1. The number of carbonyl (C=O) groups excluding carboxylic acids is 2. The summed E-state index contributed by atoms with van der Waals surface area (Å²) in [5.41, 5.74) is -0.0252. The van der Waals surface area contributed by atoms with Crippen LogP contribution in [0.25, 0.3) is 0 Å². The maximum atomic E-state index is 11.2. The van der Waals surface area contributed by atoms with Crippen molar-refractivity contribution in [1.82, 2.24) is 0 Å². The zero-order valence-corrected chi connectivity index (χ0v) is 8.33. The monoisotopic (exact) mass is 184 g/mol. The van der Waals surface area contributed by atoms with E-state index in [2.05, 4.69) is 0 Å². The van der Waals surface area contributed by atoms with Crippen molar-refractivity contribution in [3.63, 3.8) is 0 Å².